The molecule has 0 spiro atoms. The monoisotopic (exact) mass is 401 g/mol. The lowest BCUT2D eigenvalue weighted by atomic mass is 10.1. The van der Waals surface area contributed by atoms with Crippen molar-refractivity contribution in [3.63, 3.8) is 0 Å². The van der Waals surface area contributed by atoms with Crippen LogP contribution in [-0.4, -0.2) is 21.1 Å². The van der Waals surface area contributed by atoms with E-state index in [1.54, 1.807) is 0 Å². The Bertz CT molecular complexity index is 978. The molecule has 0 fully saturated rings. The number of hydrogen-bond donors (Lipinski definition) is 0. The van der Waals surface area contributed by atoms with E-state index in [0.29, 0.717) is 10.4 Å². The van der Waals surface area contributed by atoms with Crippen LogP contribution in [0.15, 0.2) is 34.7 Å². The van der Waals surface area contributed by atoms with Crippen LogP contribution in [0, 0.1) is 10.1 Å². The fourth-order valence-corrected chi connectivity index (χ4v) is 3.91. The molecule has 0 saturated carbocycles. The second-order valence-corrected chi connectivity index (χ2v) is 7.18. The molecule has 0 N–H and O–H groups in total. The third-order valence-electron chi connectivity index (χ3n) is 4.07. The molecule has 3 rings (SSSR count). The minimum atomic E-state index is -0.483. The third-order valence-corrected chi connectivity index (χ3v) is 5.29. The van der Waals surface area contributed by atoms with Gasteiger partial charge in [-0.25, -0.2) is 4.79 Å². The van der Waals surface area contributed by atoms with E-state index in [1.165, 1.54) is 46.0 Å². The zero-order valence-electron chi connectivity index (χ0n) is 15.5. The van der Waals surface area contributed by atoms with Crippen LogP contribution >= 0.6 is 11.3 Å². The van der Waals surface area contributed by atoms with Crippen LogP contribution in [0.2, 0.25) is 0 Å². The fraction of sp³-hybridized carbons (Fsp3) is 0.316. The van der Waals surface area contributed by atoms with E-state index >= 15 is 0 Å². The van der Waals surface area contributed by atoms with Crippen LogP contribution in [0.25, 0.3) is 11.5 Å². The molecule has 146 valence electrons. The van der Waals surface area contributed by atoms with Crippen LogP contribution in [0.3, 0.4) is 0 Å². The highest BCUT2D eigenvalue weighted by atomic mass is 32.1. The molecular weight excluding hydrogens is 382 g/mol. The number of thiophene rings is 1. The summed E-state index contributed by atoms with van der Waals surface area (Å²) < 4.78 is 10.8. The summed E-state index contributed by atoms with van der Waals surface area (Å²) in [6.45, 7) is 4.03. The van der Waals surface area contributed by atoms with Crippen molar-refractivity contribution >= 4 is 23.0 Å². The van der Waals surface area contributed by atoms with Gasteiger partial charge in [0.1, 0.15) is 4.88 Å². The minimum Gasteiger partial charge on any atom is -0.451 e. The number of aromatic nitrogens is 2. The summed E-state index contributed by atoms with van der Waals surface area (Å²) in [5.74, 6) is -0.0598. The molecule has 0 aliphatic carbocycles. The van der Waals surface area contributed by atoms with E-state index in [0.717, 1.165) is 19.3 Å². The predicted octanol–water partition coefficient (Wildman–Crippen LogP) is 4.58. The van der Waals surface area contributed by atoms with Crippen LogP contribution < -0.4 is 0 Å². The quantitative estimate of drug-likeness (QED) is 0.309. The van der Waals surface area contributed by atoms with Crippen molar-refractivity contribution in [2.45, 2.75) is 39.7 Å². The average Bonchev–Trinajstić information content (AvgIpc) is 3.33. The molecule has 0 amide bonds. The van der Waals surface area contributed by atoms with E-state index in [2.05, 4.69) is 24.0 Å². The number of aryl methyl sites for hydroxylation is 2. The standard InChI is InChI=1S/C19H19N3O5S/c1-3-5-15-12(4-2)10-16(28-15)19(23)26-11-17-20-21-18(27-17)13-6-8-14(9-7-13)22(24)25/h6-10H,3-5,11H2,1-2H3. The molecule has 28 heavy (non-hydrogen) atoms. The number of non-ortho nitro benzene ring substituents is 1. The molecular formula is C19H19N3O5S. The summed E-state index contributed by atoms with van der Waals surface area (Å²) >= 11 is 1.46. The first-order valence-electron chi connectivity index (χ1n) is 8.87. The minimum absolute atomic E-state index is 0.0257. The van der Waals surface area contributed by atoms with Crippen molar-refractivity contribution in [3.05, 3.63) is 61.7 Å². The lowest BCUT2D eigenvalue weighted by Gasteiger charge is -1.99. The first-order valence-corrected chi connectivity index (χ1v) is 9.69. The second-order valence-electron chi connectivity index (χ2n) is 6.04. The summed E-state index contributed by atoms with van der Waals surface area (Å²) in [6.07, 6.45) is 2.85. The van der Waals surface area contributed by atoms with Crippen molar-refractivity contribution in [3.8, 4) is 11.5 Å². The maximum absolute atomic E-state index is 12.3. The summed E-state index contributed by atoms with van der Waals surface area (Å²) in [7, 11) is 0. The van der Waals surface area contributed by atoms with Crippen LogP contribution in [0.4, 0.5) is 5.69 Å². The Morgan fingerprint density at radius 3 is 2.64 bits per heavy atom. The van der Waals surface area contributed by atoms with Crippen molar-refractivity contribution < 1.29 is 18.9 Å². The first kappa shape index (κ1) is 19.7. The Labute approximate surface area is 165 Å². The number of benzene rings is 1. The average molecular weight is 401 g/mol. The van der Waals surface area contributed by atoms with Gasteiger partial charge in [0.2, 0.25) is 5.89 Å². The first-order chi connectivity index (χ1) is 13.5. The fourth-order valence-electron chi connectivity index (χ4n) is 2.66. The molecule has 9 heteroatoms. The Balaban J connectivity index is 1.64. The maximum Gasteiger partial charge on any atom is 0.348 e. The van der Waals surface area contributed by atoms with Crippen LogP contribution in [0.5, 0.6) is 0 Å². The Morgan fingerprint density at radius 1 is 1.25 bits per heavy atom. The Morgan fingerprint density at radius 2 is 2.00 bits per heavy atom. The smallest absolute Gasteiger partial charge is 0.348 e. The highest BCUT2D eigenvalue weighted by Crippen LogP contribution is 2.26. The molecule has 1 aromatic carbocycles. The summed E-state index contributed by atoms with van der Waals surface area (Å²) in [5.41, 5.74) is 1.70. The topological polar surface area (TPSA) is 108 Å². The largest absolute Gasteiger partial charge is 0.451 e. The normalized spacial score (nSPS) is 10.8. The number of carbonyl (C=O) groups is 1. The number of carbonyl (C=O) groups excluding carboxylic acids is 1. The lowest BCUT2D eigenvalue weighted by molar-refractivity contribution is -0.384. The van der Waals surface area contributed by atoms with E-state index in [-0.39, 0.29) is 24.1 Å². The maximum atomic E-state index is 12.3. The van der Waals surface area contributed by atoms with Gasteiger partial charge in [0, 0.05) is 22.6 Å². The zero-order chi connectivity index (χ0) is 20.1. The third kappa shape index (κ3) is 4.42. The number of nitro groups is 1. The highest BCUT2D eigenvalue weighted by Gasteiger charge is 2.17. The lowest BCUT2D eigenvalue weighted by Crippen LogP contribution is -2.03. The summed E-state index contributed by atoms with van der Waals surface area (Å²) in [4.78, 5) is 24.3. The van der Waals surface area contributed by atoms with Gasteiger partial charge < -0.3 is 9.15 Å². The molecule has 0 atom stereocenters. The molecule has 3 aromatic rings. The van der Waals surface area contributed by atoms with Gasteiger partial charge in [-0.1, -0.05) is 20.3 Å². The number of nitro benzene ring substituents is 1. The van der Waals surface area contributed by atoms with Crippen molar-refractivity contribution in [2.75, 3.05) is 0 Å². The predicted molar refractivity (Wildman–Crippen MR) is 103 cm³/mol. The molecule has 0 aliphatic rings. The van der Waals surface area contributed by atoms with Gasteiger partial charge in [0.05, 0.1) is 4.92 Å². The van der Waals surface area contributed by atoms with Gasteiger partial charge in [-0.05, 0) is 36.6 Å². The van der Waals surface area contributed by atoms with Gasteiger partial charge in [0.15, 0.2) is 6.61 Å². The van der Waals surface area contributed by atoms with E-state index in [1.807, 2.05) is 6.07 Å². The van der Waals surface area contributed by atoms with Crippen LogP contribution in [0.1, 0.15) is 46.3 Å². The Hall–Kier alpha value is -3.07. The van der Waals surface area contributed by atoms with Gasteiger partial charge in [0.25, 0.3) is 11.6 Å². The Kier molecular flexibility index (Phi) is 6.15. The van der Waals surface area contributed by atoms with Gasteiger partial charge in [-0.15, -0.1) is 21.5 Å². The SMILES string of the molecule is CCCc1sc(C(=O)OCc2nnc(-c3ccc([N+](=O)[O-])cc3)o2)cc1CC. The second kappa shape index (κ2) is 8.75. The van der Waals surface area contributed by atoms with E-state index < -0.39 is 10.9 Å². The number of rotatable bonds is 8. The molecule has 0 bridgehead atoms. The molecule has 2 heterocycles. The van der Waals surface area contributed by atoms with Gasteiger partial charge in [-0.2, -0.15) is 0 Å². The molecule has 0 aliphatic heterocycles. The molecule has 2 aromatic heterocycles. The molecule has 0 radical (unpaired) electrons. The number of nitrogens with zero attached hydrogens (tertiary/aromatic N) is 3. The highest BCUT2D eigenvalue weighted by molar-refractivity contribution is 7.14. The summed E-state index contributed by atoms with van der Waals surface area (Å²) in [6, 6.07) is 7.64. The van der Waals surface area contributed by atoms with Crippen molar-refractivity contribution in [1.82, 2.24) is 10.2 Å². The molecule has 0 unspecified atom stereocenters. The van der Waals surface area contributed by atoms with Crippen LogP contribution in [-0.2, 0) is 24.2 Å². The number of ether oxygens (including phenoxy) is 1. The molecule has 8 nitrogen and oxygen atoms in total. The van der Waals surface area contributed by atoms with E-state index in [4.69, 9.17) is 9.15 Å². The number of esters is 1. The van der Waals surface area contributed by atoms with E-state index in [9.17, 15) is 14.9 Å². The van der Waals surface area contributed by atoms with Gasteiger partial charge in [-0.3, -0.25) is 10.1 Å². The zero-order valence-corrected chi connectivity index (χ0v) is 16.3. The molecule has 0 saturated heterocycles. The number of hydrogen-bond acceptors (Lipinski definition) is 8. The van der Waals surface area contributed by atoms with Gasteiger partial charge >= 0.3 is 5.97 Å². The van der Waals surface area contributed by atoms with Crippen molar-refractivity contribution in [2.24, 2.45) is 0 Å². The summed E-state index contributed by atoms with van der Waals surface area (Å²) in [5, 5.41) is 18.5. The van der Waals surface area contributed by atoms with Crippen molar-refractivity contribution in [1.29, 1.82) is 0 Å².